The van der Waals surface area contributed by atoms with Crippen LogP contribution in [0.25, 0.3) is 11.4 Å². The molecule has 0 aliphatic heterocycles. The monoisotopic (exact) mass is 319 g/mol. The molecule has 0 bridgehead atoms. The summed E-state index contributed by atoms with van der Waals surface area (Å²) in [5, 5.41) is 5.01. The molecule has 2 aromatic carbocycles. The van der Waals surface area contributed by atoms with Gasteiger partial charge in [0.1, 0.15) is 0 Å². The molecule has 3 aromatic rings. The Morgan fingerprint density at radius 3 is 2.52 bits per heavy atom. The normalized spacial score (nSPS) is 10.8. The van der Waals surface area contributed by atoms with E-state index in [4.69, 9.17) is 33.5 Å². The standard InChI is InChI=1S/C15H11Cl2N3O/c16-11-6-10(7-12(17)8-11)15-19-14(21-20-15)5-9-2-1-3-13(18)4-9/h1-4,6-8H,5,18H2. The summed E-state index contributed by atoms with van der Waals surface area (Å²) in [6.45, 7) is 0. The van der Waals surface area contributed by atoms with Gasteiger partial charge in [-0.3, -0.25) is 0 Å². The molecule has 0 fully saturated rings. The first-order valence-corrected chi connectivity index (χ1v) is 6.99. The van der Waals surface area contributed by atoms with Gasteiger partial charge in [0, 0.05) is 21.3 Å². The first kappa shape index (κ1) is 13.9. The molecule has 0 amide bonds. The highest BCUT2D eigenvalue weighted by atomic mass is 35.5. The van der Waals surface area contributed by atoms with Crippen LogP contribution in [0.3, 0.4) is 0 Å². The Morgan fingerprint density at radius 1 is 1.05 bits per heavy atom. The van der Waals surface area contributed by atoms with Gasteiger partial charge in [0.25, 0.3) is 0 Å². The summed E-state index contributed by atoms with van der Waals surface area (Å²) in [6, 6.07) is 12.7. The van der Waals surface area contributed by atoms with Gasteiger partial charge in [-0.2, -0.15) is 4.98 Å². The third kappa shape index (κ3) is 3.35. The Balaban J connectivity index is 1.86. The van der Waals surface area contributed by atoms with E-state index in [2.05, 4.69) is 10.1 Å². The molecular formula is C15H11Cl2N3O. The molecule has 0 spiro atoms. The lowest BCUT2D eigenvalue weighted by atomic mass is 10.1. The Morgan fingerprint density at radius 2 is 1.81 bits per heavy atom. The number of aromatic nitrogens is 2. The zero-order valence-corrected chi connectivity index (χ0v) is 12.4. The van der Waals surface area contributed by atoms with Gasteiger partial charge in [-0.15, -0.1) is 0 Å². The summed E-state index contributed by atoms with van der Waals surface area (Å²) >= 11 is 11.9. The minimum Gasteiger partial charge on any atom is -0.399 e. The molecule has 106 valence electrons. The maximum absolute atomic E-state index is 5.97. The largest absolute Gasteiger partial charge is 0.399 e. The minimum absolute atomic E-state index is 0.457. The fraction of sp³-hybridized carbons (Fsp3) is 0.0667. The molecule has 4 nitrogen and oxygen atoms in total. The number of hydrogen-bond acceptors (Lipinski definition) is 4. The van der Waals surface area contributed by atoms with Crippen molar-refractivity contribution in [1.82, 2.24) is 10.1 Å². The number of benzene rings is 2. The molecular weight excluding hydrogens is 309 g/mol. The summed E-state index contributed by atoms with van der Waals surface area (Å²) in [5.41, 5.74) is 8.17. The number of nitrogen functional groups attached to an aromatic ring is 1. The number of nitrogens with two attached hydrogens (primary N) is 1. The smallest absolute Gasteiger partial charge is 0.231 e. The number of rotatable bonds is 3. The fourth-order valence-corrected chi connectivity index (χ4v) is 2.53. The van der Waals surface area contributed by atoms with E-state index in [1.807, 2.05) is 24.3 Å². The zero-order valence-electron chi connectivity index (χ0n) is 10.9. The molecule has 2 N–H and O–H groups in total. The van der Waals surface area contributed by atoms with E-state index in [1.54, 1.807) is 18.2 Å². The molecule has 0 unspecified atom stereocenters. The van der Waals surface area contributed by atoms with Crippen LogP contribution in [0.5, 0.6) is 0 Å². The highest BCUT2D eigenvalue weighted by Crippen LogP contribution is 2.25. The first-order valence-electron chi connectivity index (χ1n) is 6.23. The van der Waals surface area contributed by atoms with Crippen molar-refractivity contribution in [2.75, 3.05) is 5.73 Å². The maximum atomic E-state index is 5.97. The van der Waals surface area contributed by atoms with Crippen molar-refractivity contribution in [3.63, 3.8) is 0 Å². The number of hydrogen-bond donors (Lipinski definition) is 1. The Hall–Kier alpha value is -2.04. The van der Waals surface area contributed by atoms with Crippen LogP contribution >= 0.6 is 23.2 Å². The van der Waals surface area contributed by atoms with Crippen LogP contribution in [0, 0.1) is 0 Å². The van der Waals surface area contributed by atoms with Crippen molar-refractivity contribution in [3.8, 4) is 11.4 Å². The lowest BCUT2D eigenvalue weighted by molar-refractivity contribution is 0.386. The zero-order chi connectivity index (χ0) is 14.8. The number of anilines is 1. The summed E-state index contributed by atoms with van der Waals surface area (Å²) < 4.78 is 5.25. The fourth-order valence-electron chi connectivity index (χ4n) is 2.00. The highest BCUT2D eigenvalue weighted by Gasteiger charge is 2.11. The van der Waals surface area contributed by atoms with Crippen molar-refractivity contribution in [2.24, 2.45) is 0 Å². The predicted octanol–water partition coefficient (Wildman–Crippen LogP) is 4.22. The van der Waals surface area contributed by atoms with Crippen LogP contribution in [0.15, 0.2) is 47.0 Å². The van der Waals surface area contributed by atoms with Crippen LogP contribution in [0.2, 0.25) is 10.0 Å². The van der Waals surface area contributed by atoms with Crippen LogP contribution in [0.1, 0.15) is 11.5 Å². The molecule has 0 saturated heterocycles. The van der Waals surface area contributed by atoms with Gasteiger partial charge in [-0.25, -0.2) is 0 Å². The molecule has 0 atom stereocenters. The molecule has 0 saturated carbocycles. The molecule has 0 aliphatic rings. The Bertz CT molecular complexity index is 766. The van der Waals surface area contributed by atoms with Crippen molar-refractivity contribution >= 4 is 28.9 Å². The summed E-state index contributed by atoms with van der Waals surface area (Å²) in [4.78, 5) is 4.35. The second-order valence-electron chi connectivity index (χ2n) is 4.59. The van der Waals surface area contributed by atoms with Gasteiger partial charge in [0.2, 0.25) is 11.7 Å². The van der Waals surface area contributed by atoms with Crippen molar-refractivity contribution in [1.29, 1.82) is 0 Å². The van der Waals surface area contributed by atoms with Gasteiger partial charge < -0.3 is 10.3 Å². The Labute approximate surface area is 131 Å². The second kappa shape index (κ2) is 5.76. The third-order valence-corrected chi connectivity index (χ3v) is 3.33. The molecule has 0 aliphatic carbocycles. The van der Waals surface area contributed by atoms with Gasteiger partial charge in [0.05, 0.1) is 6.42 Å². The summed E-state index contributed by atoms with van der Waals surface area (Å²) in [6.07, 6.45) is 0.520. The second-order valence-corrected chi connectivity index (χ2v) is 5.46. The lowest BCUT2D eigenvalue weighted by Gasteiger charge is -1.98. The summed E-state index contributed by atoms with van der Waals surface area (Å²) in [7, 11) is 0. The minimum atomic E-state index is 0.457. The molecule has 1 heterocycles. The van der Waals surface area contributed by atoms with Crippen LogP contribution in [-0.2, 0) is 6.42 Å². The van der Waals surface area contributed by atoms with E-state index in [9.17, 15) is 0 Å². The average Bonchev–Trinajstić information content (AvgIpc) is 2.86. The predicted molar refractivity (Wildman–Crippen MR) is 83.4 cm³/mol. The number of halogens is 2. The molecule has 21 heavy (non-hydrogen) atoms. The van der Waals surface area contributed by atoms with Crippen molar-refractivity contribution in [2.45, 2.75) is 6.42 Å². The molecule has 0 radical (unpaired) electrons. The highest BCUT2D eigenvalue weighted by molar-refractivity contribution is 6.35. The van der Waals surface area contributed by atoms with Crippen molar-refractivity contribution < 1.29 is 4.52 Å². The van der Waals surface area contributed by atoms with Gasteiger partial charge in [-0.05, 0) is 35.9 Å². The van der Waals surface area contributed by atoms with Gasteiger partial charge >= 0.3 is 0 Å². The van der Waals surface area contributed by atoms with E-state index >= 15 is 0 Å². The van der Waals surface area contributed by atoms with E-state index in [1.165, 1.54) is 0 Å². The third-order valence-electron chi connectivity index (χ3n) is 2.90. The van der Waals surface area contributed by atoms with Crippen LogP contribution in [0.4, 0.5) is 5.69 Å². The van der Waals surface area contributed by atoms with E-state index in [0.717, 1.165) is 11.1 Å². The SMILES string of the molecule is Nc1cccc(Cc2nc(-c3cc(Cl)cc(Cl)c3)no2)c1. The number of nitrogens with zero attached hydrogens (tertiary/aromatic N) is 2. The van der Waals surface area contributed by atoms with Gasteiger partial charge in [-0.1, -0.05) is 40.5 Å². The summed E-state index contributed by atoms with van der Waals surface area (Å²) in [5.74, 6) is 0.963. The maximum Gasteiger partial charge on any atom is 0.231 e. The Kier molecular flexibility index (Phi) is 3.82. The first-order chi connectivity index (χ1) is 10.1. The van der Waals surface area contributed by atoms with Crippen LogP contribution in [-0.4, -0.2) is 10.1 Å². The van der Waals surface area contributed by atoms with E-state index in [0.29, 0.717) is 33.9 Å². The van der Waals surface area contributed by atoms with Gasteiger partial charge in [0.15, 0.2) is 0 Å². The van der Waals surface area contributed by atoms with E-state index < -0.39 is 0 Å². The van der Waals surface area contributed by atoms with Crippen molar-refractivity contribution in [3.05, 3.63) is 64.0 Å². The van der Waals surface area contributed by atoms with E-state index in [-0.39, 0.29) is 0 Å². The molecule has 3 rings (SSSR count). The molecule has 6 heteroatoms. The average molecular weight is 320 g/mol. The quantitative estimate of drug-likeness (QED) is 0.734. The molecule has 1 aromatic heterocycles. The van der Waals surface area contributed by atoms with Crippen LogP contribution < -0.4 is 5.73 Å². The topological polar surface area (TPSA) is 64.9 Å². The lowest BCUT2D eigenvalue weighted by Crippen LogP contribution is -1.91.